The molecule has 0 radical (unpaired) electrons. The van der Waals surface area contributed by atoms with Crippen molar-refractivity contribution in [3.8, 4) is 0 Å². The average molecular weight is 884 g/mol. The number of thioether (sulfide) groups is 1. The molecule has 61 heavy (non-hydrogen) atoms. The van der Waals surface area contributed by atoms with Gasteiger partial charge in [-0.25, -0.2) is 5.26 Å². The summed E-state index contributed by atoms with van der Waals surface area (Å²) < 4.78 is 46.0. The van der Waals surface area contributed by atoms with E-state index >= 15 is 0 Å². The molecule has 7 rings (SSSR count). The Labute approximate surface area is 367 Å². The zero-order valence-electron chi connectivity index (χ0n) is 35.6. The van der Waals surface area contributed by atoms with E-state index in [9.17, 15) is 17.8 Å². The molecule has 3 aliphatic rings. The lowest BCUT2D eigenvalue weighted by molar-refractivity contribution is -0.438. The first-order valence-electron chi connectivity index (χ1n) is 20.8. The van der Waals surface area contributed by atoms with Crippen molar-refractivity contribution >= 4 is 78.5 Å². The van der Waals surface area contributed by atoms with Crippen LogP contribution in [-0.2, 0) is 39.9 Å². The fourth-order valence-electron chi connectivity index (χ4n) is 9.62. The first kappa shape index (κ1) is 44.8. The molecule has 1 unspecified atom stereocenters. The number of fused-ring (bicyclic) bond motifs is 6. The number of carbonyl (C=O) groups excluding carboxylic acids is 1. The number of rotatable bonds is 16. The van der Waals surface area contributed by atoms with Gasteiger partial charge in [0.1, 0.15) is 6.54 Å². The topological polar surface area (TPSA) is 126 Å². The van der Waals surface area contributed by atoms with Crippen LogP contribution in [-0.4, -0.2) is 71.9 Å². The van der Waals surface area contributed by atoms with E-state index in [0.29, 0.717) is 38.3 Å². The molecule has 10 nitrogen and oxygen atoms in total. The number of allylic oxidation sites excluding steroid dienone is 7. The molecule has 0 spiro atoms. The molecule has 0 aromatic heterocycles. The number of carbonyl (C=O) groups is 1. The highest BCUT2D eigenvalue weighted by molar-refractivity contribution is 8.02. The Bertz CT molecular complexity index is 2610. The van der Waals surface area contributed by atoms with Crippen LogP contribution in [0, 0.1) is 5.92 Å². The number of benzene rings is 4. The van der Waals surface area contributed by atoms with Crippen LogP contribution in [0.25, 0.3) is 21.5 Å². The van der Waals surface area contributed by atoms with E-state index < -0.39 is 15.5 Å². The predicted octanol–water partition coefficient (Wildman–Crippen LogP) is 10.9. The number of hydrogen-bond acceptors (Lipinski definition) is 10. The second kappa shape index (κ2) is 18.6. The minimum Gasteiger partial charge on any atom is -0.466 e. The van der Waals surface area contributed by atoms with E-state index in [1.807, 2.05) is 19.1 Å². The van der Waals surface area contributed by atoms with Gasteiger partial charge in [0.05, 0.1) is 23.7 Å². The van der Waals surface area contributed by atoms with Crippen molar-refractivity contribution in [2.75, 3.05) is 42.4 Å². The minimum absolute atomic E-state index is 0.222. The minimum atomic E-state index is -4.14. The zero-order valence-corrected chi connectivity index (χ0v) is 38.1. The monoisotopic (exact) mass is 883 g/mol. The summed E-state index contributed by atoms with van der Waals surface area (Å²) in [6.07, 6.45) is 12.8. The summed E-state index contributed by atoms with van der Waals surface area (Å²) >= 11 is 2.73. The van der Waals surface area contributed by atoms with Crippen molar-refractivity contribution in [1.29, 1.82) is 0 Å². The summed E-state index contributed by atoms with van der Waals surface area (Å²) in [5.74, 6) is -0.327. The summed E-state index contributed by atoms with van der Waals surface area (Å²) in [5.41, 5.74) is 8.04. The van der Waals surface area contributed by atoms with Gasteiger partial charge in [-0.2, -0.15) is 13.0 Å². The van der Waals surface area contributed by atoms with Gasteiger partial charge < -0.3 is 9.64 Å². The molecule has 0 bridgehead atoms. The lowest BCUT2D eigenvalue weighted by Gasteiger charge is -2.28. The van der Waals surface area contributed by atoms with Gasteiger partial charge >= 0.3 is 5.97 Å². The molecule has 2 aliphatic heterocycles. The van der Waals surface area contributed by atoms with Crippen molar-refractivity contribution in [1.82, 2.24) is 0 Å². The summed E-state index contributed by atoms with van der Waals surface area (Å²) in [7, 11) is -4.14. The molecule has 0 saturated carbocycles. The summed E-state index contributed by atoms with van der Waals surface area (Å²) in [6, 6.07) is 25.4. The maximum Gasteiger partial charge on any atom is 0.309 e. The zero-order chi connectivity index (χ0) is 43.5. The molecule has 13 heteroatoms. The van der Waals surface area contributed by atoms with E-state index in [4.69, 9.17) is 9.99 Å². The Balaban J connectivity index is 1.33. The highest BCUT2D eigenvalue weighted by atomic mass is 32.2. The van der Waals surface area contributed by atoms with Crippen LogP contribution in [0.4, 0.5) is 11.4 Å². The van der Waals surface area contributed by atoms with Gasteiger partial charge in [-0.15, -0.1) is 16.1 Å². The third kappa shape index (κ3) is 9.15. The molecule has 2 N–H and O–H groups in total. The SMILES string of the molecule is CCOC(=O)C1CC(=CC=C2N(CCCS(=O)(=O)O)c3ccc4ccccc4c3C2(C)C)C(SC)=C(C=CC2=[N+](CCCSOOO)c3ccc4ccccc4c3C2(C)C)C1. The fourth-order valence-corrected chi connectivity index (χ4v) is 11.3. The largest absolute Gasteiger partial charge is 0.466 e. The molecule has 4 aromatic carbocycles. The second-order valence-electron chi connectivity index (χ2n) is 16.8. The first-order chi connectivity index (χ1) is 29.2. The highest BCUT2D eigenvalue weighted by Crippen LogP contribution is 2.51. The summed E-state index contributed by atoms with van der Waals surface area (Å²) in [6.45, 7) is 12.2. The Morgan fingerprint density at radius 3 is 2.26 bits per heavy atom. The number of hydrogen-bond donors (Lipinski definition) is 2. The van der Waals surface area contributed by atoms with Crippen molar-refractivity contribution in [2.24, 2.45) is 5.92 Å². The van der Waals surface area contributed by atoms with E-state index in [1.165, 1.54) is 21.9 Å². The van der Waals surface area contributed by atoms with Crippen molar-refractivity contribution < 1.29 is 41.7 Å². The van der Waals surface area contributed by atoms with Gasteiger partial charge in [0, 0.05) is 70.2 Å². The van der Waals surface area contributed by atoms with E-state index in [-0.39, 0.29) is 29.5 Å². The summed E-state index contributed by atoms with van der Waals surface area (Å²) in [5, 5.41) is 17.2. The number of ether oxygens (including phenoxy) is 1. The molecule has 1 atom stereocenters. The molecule has 322 valence electrons. The normalized spacial score (nSPS) is 19.9. The van der Waals surface area contributed by atoms with E-state index in [1.54, 1.807) is 11.8 Å². The van der Waals surface area contributed by atoms with Crippen LogP contribution in [0.1, 0.15) is 71.4 Å². The van der Waals surface area contributed by atoms with Crippen molar-refractivity contribution in [3.05, 3.63) is 130 Å². The van der Waals surface area contributed by atoms with Gasteiger partial charge in [0.2, 0.25) is 5.69 Å². The molecular formula is C48H55N2O8S3+. The maximum atomic E-state index is 13.6. The molecule has 2 heterocycles. The number of nitrogens with zero attached hydrogens (tertiary/aromatic N) is 2. The lowest BCUT2D eigenvalue weighted by atomic mass is 9.78. The van der Waals surface area contributed by atoms with Crippen LogP contribution < -0.4 is 4.90 Å². The fraction of sp³-hybridized carbons (Fsp3) is 0.375. The van der Waals surface area contributed by atoms with Gasteiger partial charge in [0.15, 0.2) is 5.71 Å². The molecule has 0 fully saturated rings. The molecular weight excluding hydrogens is 829 g/mol. The Morgan fingerprint density at radius 1 is 0.902 bits per heavy atom. The Kier molecular flexibility index (Phi) is 13.7. The smallest absolute Gasteiger partial charge is 0.309 e. The molecule has 1 aliphatic carbocycles. The van der Waals surface area contributed by atoms with Gasteiger partial charge in [0.25, 0.3) is 10.1 Å². The Morgan fingerprint density at radius 2 is 1.59 bits per heavy atom. The van der Waals surface area contributed by atoms with Gasteiger partial charge in [-0.3, -0.25) is 9.35 Å². The highest BCUT2D eigenvalue weighted by Gasteiger charge is 2.46. The van der Waals surface area contributed by atoms with Gasteiger partial charge in [-0.05, 0) is 103 Å². The van der Waals surface area contributed by atoms with Crippen LogP contribution in [0.3, 0.4) is 0 Å². The third-order valence-electron chi connectivity index (χ3n) is 12.2. The van der Waals surface area contributed by atoms with Crippen LogP contribution in [0.5, 0.6) is 0 Å². The lowest BCUT2D eigenvalue weighted by Crippen LogP contribution is -2.28. The van der Waals surface area contributed by atoms with E-state index in [2.05, 4.69) is 138 Å². The van der Waals surface area contributed by atoms with Crippen LogP contribution in [0.2, 0.25) is 0 Å². The number of esters is 1. The van der Waals surface area contributed by atoms with Crippen LogP contribution in [0.15, 0.2) is 119 Å². The Hall–Kier alpha value is -4.21. The molecule has 4 aromatic rings. The quantitative estimate of drug-likeness (QED) is 0.0212. The standard InChI is InChI=1S/C48H54N2O8S3/c1-7-56-46(51)36-30-34(20-24-41-47(2,3)43-37-16-10-8-14-32(37)18-22-39(43)49(41)26-12-28-60-58-57-52)45(59-6)35(31-36)21-25-42-48(4,5)44-38-17-11-9-15-33(38)19-23-40(44)50(42)27-13-29-61(53,54)55/h8-11,14-25,36H,7,12-13,26-31H2,1-6H3,(H-,52,53,54,55)/p+1. The predicted molar refractivity (Wildman–Crippen MR) is 249 cm³/mol. The second-order valence-corrected chi connectivity index (χ2v) is 19.9. The third-order valence-corrected chi connectivity index (χ3v) is 14.6. The summed E-state index contributed by atoms with van der Waals surface area (Å²) in [4.78, 5) is 16.9. The van der Waals surface area contributed by atoms with Gasteiger partial charge in [-0.1, -0.05) is 85.6 Å². The molecule has 0 saturated heterocycles. The first-order valence-corrected chi connectivity index (χ1v) is 24.5. The van der Waals surface area contributed by atoms with Crippen molar-refractivity contribution in [3.63, 3.8) is 0 Å². The molecule has 0 amide bonds. The maximum absolute atomic E-state index is 13.6. The van der Waals surface area contributed by atoms with Crippen LogP contribution >= 0.6 is 23.8 Å². The number of anilines is 1. The average Bonchev–Trinajstić information content (AvgIpc) is 3.59. The van der Waals surface area contributed by atoms with Crippen molar-refractivity contribution in [2.45, 2.75) is 71.1 Å². The van der Waals surface area contributed by atoms with E-state index in [0.717, 1.165) is 68.1 Å².